The minimum Gasteiger partial charge on any atom is -0.378 e. The number of rotatable bonds is 5. The fraction of sp³-hybridized carbons (Fsp3) is 0.647. The third kappa shape index (κ3) is 3.18. The zero-order valence-electron chi connectivity index (χ0n) is 12.7. The van der Waals surface area contributed by atoms with Crippen molar-refractivity contribution in [1.82, 2.24) is 5.32 Å². The second kappa shape index (κ2) is 6.53. The molecule has 0 bridgehead atoms. The van der Waals surface area contributed by atoms with Gasteiger partial charge in [0.25, 0.3) is 0 Å². The Bertz CT molecular complexity index is 416. The summed E-state index contributed by atoms with van der Waals surface area (Å²) in [5.74, 6) is 0.604. The van der Waals surface area contributed by atoms with Gasteiger partial charge in [-0.3, -0.25) is 0 Å². The van der Waals surface area contributed by atoms with Crippen molar-refractivity contribution in [1.29, 1.82) is 0 Å². The van der Waals surface area contributed by atoms with Crippen molar-refractivity contribution in [2.45, 2.75) is 52.7 Å². The van der Waals surface area contributed by atoms with Crippen molar-refractivity contribution in [2.75, 3.05) is 13.2 Å². The molecule has 1 saturated heterocycles. The Morgan fingerprint density at radius 3 is 2.68 bits per heavy atom. The topological polar surface area (TPSA) is 21.3 Å². The van der Waals surface area contributed by atoms with E-state index in [0.29, 0.717) is 18.1 Å². The summed E-state index contributed by atoms with van der Waals surface area (Å²) in [6.07, 6.45) is 2.69. The molecule has 2 nitrogen and oxygen atoms in total. The quantitative estimate of drug-likeness (QED) is 0.871. The summed E-state index contributed by atoms with van der Waals surface area (Å²) in [6.45, 7) is 10.7. The van der Waals surface area contributed by atoms with Gasteiger partial charge in [-0.1, -0.05) is 32.0 Å². The first kappa shape index (κ1) is 14.5. The molecule has 2 rings (SSSR count). The maximum Gasteiger partial charge on any atom is 0.0619 e. The number of nitrogens with one attached hydrogen (secondary N) is 1. The molecule has 1 aliphatic heterocycles. The number of hydrogen-bond donors (Lipinski definition) is 1. The molecule has 1 N–H and O–H groups in total. The van der Waals surface area contributed by atoms with Crippen LogP contribution in [0.3, 0.4) is 0 Å². The molecule has 19 heavy (non-hydrogen) atoms. The lowest BCUT2D eigenvalue weighted by Gasteiger charge is -2.28. The highest BCUT2D eigenvalue weighted by Crippen LogP contribution is 2.35. The maximum absolute atomic E-state index is 5.88. The normalized spacial score (nSPS) is 24.6. The molecule has 3 atom stereocenters. The zero-order chi connectivity index (χ0) is 13.8. The van der Waals surface area contributed by atoms with Gasteiger partial charge < -0.3 is 10.1 Å². The van der Waals surface area contributed by atoms with Crippen LogP contribution in [-0.2, 0) is 4.74 Å². The minimum atomic E-state index is 0.408. The van der Waals surface area contributed by atoms with E-state index in [1.165, 1.54) is 23.1 Å². The first-order valence-electron chi connectivity index (χ1n) is 7.59. The second-order valence-electron chi connectivity index (χ2n) is 5.65. The lowest BCUT2D eigenvalue weighted by atomic mass is 9.85. The lowest BCUT2D eigenvalue weighted by Crippen LogP contribution is -2.32. The number of benzene rings is 1. The molecular weight excluding hydrogens is 234 g/mol. The van der Waals surface area contributed by atoms with Crippen LogP contribution in [0.1, 0.15) is 49.4 Å². The second-order valence-corrected chi connectivity index (χ2v) is 5.65. The fourth-order valence-corrected chi connectivity index (χ4v) is 3.16. The Kier molecular flexibility index (Phi) is 5.00. The van der Waals surface area contributed by atoms with Gasteiger partial charge in [-0.25, -0.2) is 0 Å². The van der Waals surface area contributed by atoms with Crippen molar-refractivity contribution in [2.24, 2.45) is 5.92 Å². The van der Waals surface area contributed by atoms with Crippen LogP contribution in [-0.4, -0.2) is 19.3 Å². The molecule has 2 heteroatoms. The fourth-order valence-electron chi connectivity index (χ4n) is 3.16. The molecule has 0 radical (unpaired) electrons. The summed E-state index contributed by atoms with van der Waals surface area (Å²) in [7, 11) is 0. The van der Waals surface area contributed by atoms with Crippen LogP contribution in [0.4, 0.5) is 0 Å². The van der Waals surface area contributed by atoms with Gasteiger partial charge in [0, 0.05) is 18.6 Å². The molecule has 106 valence electrons. The van der Waals surface area contributed by atoms with E-state index in [9.17, 15) is 0 Å². The predicted molar refractivity (Wildman–Crippen MR) is 80.5 cm³/mol. The highest BCUT2D eigenvalue weighted by atomic mass is 16.5. The average molecular weight is 261 g/mol. The highest BCUT2D eigenvalue weighted by molar-refractivity contribution is 5.32. The van der Waals surface area contributed by atoms with Gasteiger partial charge >= 0.3 is 0 Å². The van der Waals surface area contributed by atoms with Gasteiger partial charge in [0.2, 0.25) is 0 Å². The van der Waals surface area contributed by atoms with E-state index in [4.69, 9.17) is 4.74 Å². The van der Waals surface area contributed by atoms with Crippen molar-refractivity contribution in [3.05, 3.63) is 34.9 Å². The average Bonchev–Trinajstić information content (AvgIpc) is 2.87. The molecule has 0 saturated carbocycles. The molecule has 1 heterocycles. The van der Waals surface area contributed by atoms with Gasteiger partial charge in [0.15, 0.2) is 0 Å². The Labute approximate surface area is 117 Å². The molecule has 0 amide bonds. The van der Waals surface area contributed by atoms with Crippen molar-refractivity contribution >= 4 is 0 Å². The predicted octanol–water partition coefficient (Wildman–Crippen LogP) is 3.77. The van der Waals surface area contributed by atoms with Gasteiger partial charge in [0.1, 0.15) is 0 Å². The van der Waals surface area contributed by atoms with Crippen molar-refractivity contribution in [3.8, 4) is 0 Å². The van der Waals surface area contributed by atoms with E-state index < -0.39 is 0 Å². The monoisotopic (exact) mass is 261 g/mol. The van der Waals surface area contributed by atoms with Crippen molar-refractivity contribution < 1.29 is 4.74 Å². The van der Waals surface area contributed by atoms with Crippen LogP contribution >= 0.6 is 0 Å². The van der Waals surface area contributed by atoms with Gasteiger partial charge in [-0.05, 0) is 49.9 Å². The summed E-state index contributed by atoms with van der Waals surface area (Å²) >= 11 is 0. The van der Waals surface area contributed by atoms with Crippen LogP contribution < -0.4 is 5.32 Å². The molecule has 1 fully saturated rings. The minimum absolute atomic E-state index is 0.408. The van der Waals surface area contributed by atoms with E-state index in [2.05, 4.69) is 51.2 Å². The Morgan fingerprint density at radius 2 is 2.05 bits per heavy atom. The van der Waals surface area contributed by atoms with E-state index >= 15 is 0 Å². The molecular formula is C17H27NO. The van der Waals surface area contributed by atoms with E-state index in [0.717, 1.165) is 19.6 Å². The SMILES string of the molecule is CCNC(c1ccc(C)c(C)c1)C1CCOC1CC. The largest absolute Gasteiger partial charge is 0.378 e. The van der Waals surface area contributed by atoms with Crippen LogP contribution in [0.2, 0.25) is 0 Å². The summed E-state index contributed by atoms with van der Waals surface area (Å²) in [4.78, 5) is 0. The highest BCUT2D eigenvalue weighted by Gasteiger charge is 2.34. The third-order valence-electron chi connectivity index (χ3n) is 4.41. The zero-order valence-corrected chi connectivity index (χ0v) is 12.7. The smallest absolute Gasteiger partial charge is 0.0619 e. The summed E-state index contributed by atoms with van der Waals surface area (Å²) in [5, 5.41) is 3.67. The van der Waals surface area contributed by atoms with E-state index in [1.54, 1.807) is 0 Å². The molecule has 0 spiro atoms. The number of ether oxygens (including phenoxy) is 1. The summed E-state index contributed by atoms with van der Waals surface area (Å²) in [6, 6.07) is 7.29. The lowest BCUT2D eigenvalue weighted by molar-refractivity contribution is 0.0776. The van der Waals surface area contributed by atoms with Gasteiger partial charge in [-0.2, -0.15) is 0 Å². The first-order valence-corrected chi connectivity index (χ1v) is 7.59. The number of hydrogen-bond acceptors (Lipinski definition) is 2. The summed E-state index contributed by atoms with van der Waals surface area (Å²) in [5.41, 5.74) is 4.17. The van der Waals surface area contributed by atoms with E-state index in [-0.39, 0.29) is 0 Å². The Morgan fingerprint density at radius 1 is 1.26 bits per heavy atom. The molecule has 0 aliphatic carbocycles. The molecule has 1 aromatic rings. The maximum atomic E-state index is 5.88. The molecule has 1 aliphatic rings. The Hall–Kier alpha value is -0.860. The van der Waals surface area contributed by atoms with Crippen LogP contribution in [0.15, 0.2) is 18.2 Å². The standard InChI is InChI=1S/C17H27NO/c1-5-16-15(9-10-19-16)17(18-6-2)14-8-7-12(3)13(4)11-14/h7-8,11,15-18H,5-6,9-10H2,1-4H3. The van der Waals surface area contributed by atoms with Gasteiger partial charge in [0.05, 0.1) is 6.10 Å². The third-order valence-corrected chi connectivity index (χ3v) is 4.41. The summed E-state index contributed by atoms with van der Waals surface area (Å²) < 4.78 is 5.88. The molecule has 3 unspecified atom stereocenters. The van der Waals surface area contributed by atoms with Crippen LogP contribution in [0, 0.1) is 19.8 Å². The first-order chi connectivity index (χ1) is 9.17. The number of aryl methyl sites for hydroxylation is 2. The molecule has 0 aromatic heterocycles. The molecule has 1 aromatic carbocycles. The van der Waals surface area contributed by atoms with E-state index in [1.807, 2.05) is 0 Å². The van der Waals surface area contributed by atoms with Crippen molar-refractivity contribution in [3.63, 3.8) is 0 Å². The Balaban J connectivity index is 2.25. The van der Waals surface area contributed by atoms with Crippen LogP contribution in [0.25, 0.3) is 0 Å². The van der Waals surface area contributed by atoms with Crippen LogP contribution in [0.5, 0.6) is 0 Å². The van der Waals surface area contributed by atoms with Gasteiger partial charge in [-0.15, -0.1) is 0 Å².